The van der Waals surface area contributed by atoms with Gasteiger partial charge < -0.3 is 10.2 Å². The molecule has 2 rings (SSSR count). The van der Waals surface area contributed by atoms with E-state index in [1.54, 1.807) is 17.7 Å². The van der Waals surface area contributed by atoms with Crippen molar-refractivity contribution in [2.24, 2.45) is 0 Å². The van der Waals surface area contributed by atoms with E-state index in [0.29, 0.717) is 0 Å². The van der Waals surface area contributed by atoms with Gasteiger partial charge in [0.25, 0.3) is 0 Å². The van der Waals surface area contributed by atoms with E-state index in [4.69, 9.17) is 0 Å². The molecule has 0 fully saturated rings. The van der Waals surface area contributed by atoms with E-state index in [-0.39, 0.29) is 0 Å². The maximum atomic E-state index is 4.42. The Morgan fingerprint density at radius 3 is 3.00 bits per heavy atom. The Labute approximate surface area is 106 Å². The fourth-order valence-electron chi connectivity index (χ4n) is 1.83. The van der Waals surface area contributed by atoms with Gasteiger partial charge in [0.05, 0.1) is 5.39 Å². The minimum atomic E-state index is 0.966. The second-order valence-electron chi connectivity index (χ2n) is 3.77. The molecule has 0 radical (unpaired) electrons. The summed E-state index contributed by atoms with van der Waals surface area (Å²) >= 11 is 1.66. The average molecular weight is 250 g/mol. The van der Waals surface area contributed by atoms with Crippen molar-refractivity contribution in [3.63, 3.8) is 0 Å². The summed E-state index contributed by atoms with van der Waals surface area (Å²) < 4.78 is 0. The zero-order chi connectivity index (χ0) is 12.1. The molecule has 2 aromatic heterocycles. The average Bonchev–Trinajstić information content (AvgIpc) is 2.83. The van der Waals surface area contributed by atoms with Crippen LogP contribution < -0.4 is 10.2 Å². The molecule has 0 aliphatic carbocycles. The molecule has 0 saturated heterocycles. The SMILES string of the molecule is CCNCCN(CC)c1ncnc2sccc12. The zero-order valence-corrected chi connectivity index (χ0v) is 11.1. The Hall–Kier alpha value is -1.20. The number of hydrogen-bond acceptors (Lipinski definition) is 5. The van der Waals surface area contributed by atoms with Crippen molar-refractivity contribution >= 4 is 27.4 Å². The van der Waals surface area contributed by atoms with Crippen LogP contribution in [0.2, 0.25) is 0 Å². The number of anilines is 1. The van der Waals surface area contributed by atoms with Crippen LogP contribution >= 0.6 is 11.3 Å². The predicted molar refractivity (Wildman–Crippen MR) is 73.8 cm³/mol. The van der Waals surface area contributed by atoms with Crippen molar-refractivity contribution < 1.29 is 0 Å². The number of rotatable bonds is 6. The molecule has 1 N–H and O–H groups in total. The first kappa shape index (κ1) is 12.3. The van der Waals surface area contributed by atoms with Crippen LogP contribution in [0.1, 0.15) is 13.8 Å². The molecule has 0 atom stereocenters. The maximum Gasteiger partial charge on any atom is 0.140 e. The van der Waals surface area contributed by atoms with Gasteiger partial charge in [0.15, 0.2) is 0 Å². The monoisotopic (exact) mass is 250 g/mol. The van der Waals surface area contributed by atoms with Crippen molar-refractivity contribution in [2.75, 3.05) is 31.1 Å². The van der Waals surface area contributed by atoms with Crippen LogP contribution in [0, 0.1) is 0 Å². The van der Waals surface area contributed by atoms with Gasteiger partial charge in [-0.3, -0.25) is 0 Å². The van der Waals surface area contributed by atoms with Gasteiger partial charge in [-0.05, 0) is 24.9 Å². The third-order valence-electron chi connectivity index (χ3n) is 2.73. The fourth-order valence-corrected chi connectivity index (χ4v) is 2.56. The molecule has 4 nitrogen and oxygen atoms in total. The molecule has 0 aliphatic rings. The Morgan fingerprint density at radius 2 is 2.24 bits per heavy atom. The largest absolute Gasteiger partial charge is 0.355 e. The van der Waals surface area contributed by atoms with Gasteiger partial charge in [-0.2, -0.15) is 0 Å². The van der Waals surface area contributed by atoms with Crippen molar-refractivity contribution in [1.82, 2.24) is 15.3 Å². The molecule has 17 heavy (non-hydrogen) atoms. The highest BCUT2D eigenvalue weighted by atomic mass is 32.1. The van der Waals surface area contributed by atoms with Gasteiger partial charge in [-0.1, -0.05) is 6.92 Å². The second kappa shape index (κ2) is 5.93. The number of thiophene rings is 1. The lowest BCUT2D eigenvalue weighted by Gasteiger charge is -2.22. The molecular formula is C12H18N4S. The number of aromatic nitrogens is 2. The first-order valence-corrected chi connectivity index (χ1v) is 6.88. The summed E-state index contributed by atoms with van der Waals surface area (Å²) in [6, 6.07) is 2.10. The number of fused-ring (bicyclic) bond motifs is 1. The predicted octanol–water partition coefficient (Wildman–Crippen LogP) is 2.13. The van der Waals surface area contributed by atoms with Gasteiger partial charge >= 0.3 is 0 Å². The summed E-state index contributed by atoms with van der Waals surface area (Å²) in [7, 11) is 0. The Bertz CT molecular complexity index is 468. The smallest absolute Gasteiger partial charge is 0.140 e. The molecular weight excluding hydrogens is 232 g/mol. The number of nitrogens with zero attached hydrogens (tertiary/aromatic N) is 3. The molecule has 2 heterocycles. The third-order valence-corrected chi connectivity index (χ3v) is 3.55. The van der Waals surface area contributed by atoms with E-state index in [1.807, 2.05) is 0 Å². The van der Waals surface area contributed by atoms with E-state index in [0.717, 1.165) is 42.2 Å². The minimum absolute atomic E-state index is 0.966. The van der Waals surface area contributed by atoms with Crippen LogP contribution in [0.15, 0.2) is 17.8 Å². The lowest BCUT2D eigenvalue weighted by Crippen LogP contribution is -2.32. The topological polar surface area (TPSA) is 41.0 Å². The highest BCUT2D eigenvalue weighted by Gasteiger charge is 2.10. The van der Waals surface area contributed by atoms with Gasteiger partial charge in [-0.25, -0.2) is 9.97 Å². The van der Waals surface area contributed by atoms with Crippen molar-refractivity contribution in [1.29, 1.82) is 0 Å². The van der Waals surface area contributed by atoms with Crippen LogP contribution in [0.3, 0.4) is 0 Å². The van der Waals surface area contributed by atoms with E-state index in [2.05, 4.69) is 45.5 Å². The summed E-state index contributed by atoms with van der Waals surface area (Å²) in [5, 5.41) is 6.58. The summed E-state index contributed by atoms with van der Waals surface area (Å²) in [5.41, 5.74) is 0. The van der Waals surface area contributed by atoms with Crippen molar-refractivity contribution in [2.45, 2.75) is 13.8 Å². The standard InChI is InChI=1S/C12H18N4S/c1-3-13-6-7-16(4-2)11-10-5-8-17-12(10)15-9-14-11/h5,8-9,13H,3-4,6-7H2,1-2H3. The van der Waals surface area contributed by atoms with E-state index < -0.39 is 0 Å². The molecule has 0 saturated carbocycles. The van der Waals surface area contributed by atoms with Gasteiger partial charge in [0.1, 0.15) is 17.0 Å². The van der Waals surface area contributed by atoms with Crippen LogP contribution in [-0.4, -0.2) is 36.1 Å². The summed E-state index contributed by atoms with van der Waals surface area (Å²) in [5.74, 6) is 1.05. The zero-order valence-electron chi connectivity index (χ0n) is 10.3. The van der Waals surface area contributed by atoms with Gasteiger partial charge in [0, 0.05) is 19.6 Å². The van der Waals surface area contributed by atoms with Crippen molar-refractivity contribution in [3.05, 3.63) is 17.8 Å². The number of likely N-dealkylation sites (N-methyl/N-ethyl adjacent to an activating group) is 2. The van der Waals surface area contributed by atoms with Crippen LogP contribution in [-0.2, 0) is 0 Å². The van der Waals surface area contributed by atoms with E-state index >= 15 is 0 Å². The van der Waals surface area contributed by atoms with Crippen LogP contribution in [0.25, 0.3) is 10.2 Å². The Kier molecular flexibility index (Phi) is 4.28. The van der Waals surface area contributed by atoms with Gasteiger partial charge in [-0.15, -0.1) is 11.3 Å². The second-order valence-corrected chi connectivity index (χ2v) is 4.66. The molecule has 0 spiro atoms. The highest BCUT2D eigenvalue weighted by Crippen LogP contribution is 2.26. The minimum Gasteiger partial charge on any atom is -0.355 e. The Morgan fingerprint density at radius 1 is 1.35 bits per heavy atom. The van der Waals surface area contributed by atoms with E-state index in [9.17, 15) is 0 Å². The molecule has 2 aromatic rings. The molecule has 0 aliphatic heterocycles. The van der Waals surface area contributed by atoms with Crippen LogP contribution in [0.4, 0.5) is 5.82 Å². The molecule has 0 aromatic carbocycles. The maximum absolute atomic E-state index is 4.42. The molecule has 92 valence electrons. The molecule has 5 heteroatoms. The first-order chi connectivity index (χ1) is 8.36. The quantitative estimate of drug-likeness (QED) is 0.797. The number of hydrogen-bond donors (Lipinski definition) is 1. The highest BCUT2D eigenvalue weighted by molar-refractivity contribution is 7.16. The summed E-state index contributed by atoms with van der Waals surface area (Å²) in [6.45, 7) is 8.22. The van der Waals surface area contributed by atoms with Crippen LogP contribution in [0.5, 0.6) is 0 Å². The summed E-state index contributed by atoms with van der Waals surface area (Å²) in [6.07, 6.45) is 1.66. The normalized spacial score (nSPS) is 10.9. The number of nitrogens with one attached hydrogen (secondary N) is 1. The first-order valence-electron chi connectivity index (χ1n) is 6.00. The molecule has 0 amide bonds. The lowest BCUT2D eigenvalue weighted by molar-refractivity contribution is 0.685. The molecule has 0 bridgehead atoms. The third kappa shape index (κ3) is 2.73. The summed E-state index contributed by atoms with van der Waals surface area (Å²) in [4.78, 5) is 12.1. The van der Waals surface area contributed by atoms with E-state index in [1.165, 1.54) is 0 Å². The molecule has 0 unspecified atom stereocenters. The lowest BCUT2D eigenvalue weighted by atomic mass is 10.3. The Balaban J connectivity index is 2.20. The van der Waals surface area contributed by atoms with Crippen molar-refractivity contribution in [3.8, 4) is 0 Å². The fraction of sp³-hybridized carbons (Fsp3) is 0.500. The van der Waals surface area contributed by atoms with Gasteiger partial charge in [0.2, 0.25) is 0 Å².